The maximum absolute atomic E-state index is 12.5. The monoisotopic (exact) mass is 416 g/mol. The molecule has 0 saturated heterocycles. The number of likely N-dealkylation sites (N-methyl/N-ethyl adjacent to an activating group) is 1. The summed E-state index contributed by atoms with van der Waals surface area (Å²) in [6, 6.07) is 11.4. The minimum absolute atomic E-state index is 0.0622. The summed E-state index contributed by atoms with van der Waals surface area (Å²) in [5.41, 5.74) is 0.694. The predicted molar refractivity (Wildman–Crippen MR) is 97.6 cm³/mol. The van der Waals surface area contributed by atoms with Crippen molar-refractivity contribution in [1.29, 1.82) is 0 Å². The number of halogens is 3. The third-order valence-corrected chi connectivity index (χ3v) is 4.75. The van der Waals surface area contributed by atoms with Crippen LogP contribution in [0.15, 0.2) is 53.4 Å². The molecule has 0 bridgehead atoms. The number of rotatable bonds is 7. The molecule has 1 amide bonds. The third kappa shape index (κ3) is 6.86. The van der Waals surface area contributed by atoms with Gasteiger partial charge >= 0.3 is 6.36 Å². The van der Waals surface area contributed by atoms with Crippen molar-refractivity contribution in [3.63, 3.8) is 0 Å². The van der Waals surface area contributed by atoms with Crippen LogP contribution >= 0.6 is 0 Å². The molecule has 2 aromatic carbocycles. The van der Waals surface area contributed by atoms with Crippen LogP contribution in [0.4, 0.5) is 18.9 Å². The molecule has 0 aromatic heterocycles. The summed E-state index contributed by atoms with van der Waals surface area (Å²) in [5.74, 6) is -0.720. The Kier molecular flexibility index (Phi) is 6.68. The Hall–Kier alpha value is -2.59. The first-order chi connectivity index (χ1) is 12.9. The fourth-order valence-corrected chi connectivity index (χ4v) is 3.07. The van der Waals surface area contributed by atoms with Gasteiger partial charge in [-0.3, -0.25) is 9.69 Å². The minimum atomic E-state index is -4.80. The summed E-state index contributed by atoms with van der Waals surface area (Å²) >= 11 is 0. The first-order valence-corrected chi connectivity index (χ1v) is 9.95. The smallest absolute Gasteiger partial charge is 0.405 e. The zero-order chi connectivity index (χ0) is 20.9. The summed E-state index contributed by atoms with van der Waals surface area (Å²) in [7, 11) is -1.75. The number of para-hydroxylation sites is 1. The van der Waals surface area contributed by atoms with Crippen LogP contribution in [0.25, 0.3) is 0 Å². The van der Waals surface area contributed by atoms with Crippen molar-refractivity contribution in [2.45, 2.75) is 17.8 Å². The molecule has 28 heavy (non-hydrogen) atoms. The first kappa shape index (κ1) is 21.7. The molecule has 0 aliphatic rings. The average molecular weight is 416 g/mol. The summed E-state index contributed by atoms with van der Waals surface area (Å²) in [6.45, 7) is -0.0269. The Morgan fingerprint density at radius 3 is 2.29 bits per heavy atom. The number of anilines is 1. The van der Waals surface area contributed by atoms with Crippen LogP contribution in [0.3, 0.4) is 0 Å². The van der Waals surface area contributed by atoms with Crippen molar-refractivity contribution in [3.8, 4) is 5.75 Å². The van der Waals surface area contributed by atoms with Crippen LogP contribution in [-0.4, -0.2) is 45.4 Å². The molecule has 1 N–H and O–H groups in total. The Labute approximate surface area is 160 Å². The summed E-state index contributed by atoms with van der Waals surface area (Å²) in [6.07, 6.45) is -3.72. The van der Waals surface area contributed by atoms with Crippen LogP contribution in [-0.2, 0) is 21.2 Å². The van der Waals surface area contributed by atoms with Gasteiger partial charge in [-0.05, 0) is 37.4 Å². The van der Waals surface area contributed by atoms with E-state index in [1.54, 1.807) is 13.1 Å². The predicted octanol–water partition coefficient (Wildman–Crippen LogP) is 3.06. The Balaban J connectivity index is 1.96. The van der Waals surface area contributed by atoms with E-state index < -0.39 is 22.1 Å². The normalized spacial score (nSPS) is 12.1. The number of amides is 1. The van der Waals surface area contributed by atoms with Gasteiger partial charge in [-0.25, -0.2) is 8.42 Å². The molecular weight excluding hydrogens is 397 g/mol. The van der Waals surface area contributed by atoms with E-state index in [1.165, 1.54) is 47.4 Å². The summed E-state index contributed by atoms with van der Waals surface area (Å²) < 4.78 is 64.3. The highest BCUT2D eigenvalue weighted by Gasteiger charge is 2.32. The summed E-state index contributed by atoms with van der Waals surface area (Å²) in [5, 5.41) is 2.60. The van der Waals surface area contributed by atoms with E-state index in [-0.39, 0.29) is 29.3 Å². The number of hydrogen-bond donors (Lipinski definition) is 1. The van der Waals surface area contributed by atoms with Crippen molar-refractivity contribution in [1.82, 2.24) is 4.90 Å². The van der Waals surface area contributed by atoms with Gasteiger partial charge in [0.05, 0.1) is 11.4 Å². The van der Waals surface area contributed by atoms with E-state index in [2.05, 4.69) is 10.1 Å². The Morgan fingerprint density at radius 2 is 1.71 bits per heavy atom. The van der Waals surface area contributed by atoms with Gasteiger partial charge < -0.3 is 10.1 Å². The number of ether oxygens (including phenoxy) is 1. The molecule has 2 aromatic rings. The quantitative estimate of drug-likeness (QED) is 0.751. The molecule has 2 rings (SSSR count). The molecule has 6 nitrogen and oxygen atoms in total. The molecule has 0 heterocycles. The lowest BCUT2D eigenvalue weighted by Crippen LogP contribution is -2.30. The number of carbonyl (C=O) groups excluding carboxylic acids is 1. The summed E-state index contributed by atoms with van der Waals surface area (Å²) in [4.78, 5) is 13.8. The first-order valence-electron chi connectivity index (χ1n) is 8.06. The SMILES string of the molecule is CN(CC(=O)Nc1ccc(S(C)(=O)=O)cc1)Cc1ccccc1OC(F)(F)F. The maximum Gasteiger partial charge on any atom is 0.573 e. The minimum Gasteiger partial charge on any atom is -0.405 e. The molecule has 152 valence electrons. The molecule has 0 unspecified atom stereocenters. The second kappa shape index (κ2) is 8.61. The highest BCUT2D eigenvalue weighted by molar-refractivity contribution is 7.90. The van der Waals surface area contributed by atoms with Gasteiger partial charge in [-0.2, -0.15) is 0 Å². The number of sulfone groups is 1. The third-order valence-electron chi connectivity index (χ3n) is 3.62. The highest BCUT2D eigenvalue weighted by Crippen LogP contribution is 2.26. The van der Waals surface area contributed by atoms with E-state index in [0.717, 1.165) is 6.26 Å². The molecule has 0 saturated carbocycles. The number of hydrogen-bond acceptors (Lipinski definition) is 5. The lowest BCUT2D eigenvalue weighted by atomic mass is 10.2. The fraction of sp³-hybridized carbons (Fsp3) is 0.278. The Morgan fingerprint density at radius 1 is 1.11 bits per heavy atom. The zero-order valence-electron chi connectivity index (χ0n) is 15.2. The number of benzene rings is 2. The topological polar surface area (TPSA) is 75.7 Å². The number of carbonyl (C=O) groups is 1. The number of alkyl halides is 3. The second-order valence-electron chi connectivity index (χ2n) is 6.17. The van der Waals surface area contributed by atoms with Crippen molar-refractivity contribution >= 4 is 21.4 Å². The molecular formula is C18H19F3N2O4S. The molecule has 0 atom stereocenters. The van der Waals surface area contributed by atoms with E-state index in [1.807, 2.05) is 0 Å². The van der Waals surface area contributed by atoms with Crippen LogP contribution < -0.4 is 10.1 Å². The number of nitrogens with one attached hydrogen (secondary N) is 1. The lowest BCUT2D eigenvalue weighted by Gasteiger charge is -2.19. The van der Waals surface area contributed by atoms with Crippen molar-refractivity contribution < 1.29 is 31.1 Å². The standard InChI is InChI=1S/C18H19F3N2O4S/c1-23(11-13-5-3-4-6-16(13)27-18(19,20)21)12-17(24)22-14-7-9-15(10-8-14)28(2,25)26/h3-10H,11-12H2,1-2H3,(H,22,24). The van der Waals surface area contributed by atoms with Gasteiger partial charge in [-0.1, -0.05) is 18.2 Å². The molecule has 0 aliphatic carbocycles. The average Bonchev–Trinajstić information content (AvgIpc) is 2.54. The molecule has 0 radical (unpaired) electrons. The Bertz CT molecular complexity index is 929. The maximum atomic E-state index is 12.5. The fourth-order valence-electron chi connectivity index (χ4n) is 2.44. The van der Waals surface area contributed by atoms with E-state index in [0.29, 0.717) is 5.69 Å². The number of nitrogens with zero attached hydrogens (tertiary/aromatic N) is 1. The van der Waals surface area contributed by atoms with E-state index in [4.69, 9.17) is 0 Å². The van der Waals surface area contributed by atoms with Crippen LogP contribution in [0.2, 0.25) is 0 Å². The van der Waals surface area contributed by atoms with Crippen molar-refractivity contribution in [2.24, 2.45) is 0 Å². The van der Waals surface area contributed by atoms with Gasteiger partial charge in [0.25, 0.3) is 0 Å². The molecule has 10 heteroatoms. The van der Waals surface area contributed by atoms with E-state index in [9.17, 15) is 26.4 Å². The van der Waals surface area contributed by atoms with Crippen molar-refractivity contribution in [3.05, 3.63) is 54.1 Å². The molecule has 0 aliphatic heterocycles. The van der Waals surface area contributed by atoms with Gasteiger partial charge in [0.1, 0.15) is 5.75 Å². The van der Waals surface area contributed by atoms with Gasteiger partial charge in [0.15, 0.2) is 9.84 Å². The van der Waals surface area contributed by atoms with Gasteiger partial charge in [-0.15, -0.1) is 13.2 Å². The van der Waals surface area contributed by atoms with E-state index >= 15 is 0 Å². The highest BCUT2D eigenvalue weighted by atomic mass is 32.2. The lowest BCUT2D eigenvalue weighted by molar-refractivity contribution is -0.275. The molecule has 0 fully saturated rings. The van der Waals surface area contributed by atoms with Crippen molar-refractivity contribution in [2.75, 3.05) is 25.2 Å². The van der Waals surface area contributed by atoms with Crippen LogP contribution in [0.1, 0.15) is 5.56 Å². The van der Waals surface area contributed by atoms with Crippen LogP contribution in [0, 0.1) is 0 Å². The second-order valence-corrected chi connectivity index (χ2v) is 8.19. The molecule has 0 spiro atoms. The largest absolute Gasteiger partial charge is 0.573 e. The van der Waals surface area contributed by atoms with Crippen LogP contribution in [0.5, 0.6) is 5.75 Å². The van der Waals surface area contributed by atoms with Gasteiger partial charge in [0.2, 0.25) is 5.91 Å². The zero-order valence-corrected chi connectivity index (χ0v) is 16.0. The van der Waals surface area contributed by atoms with Gasteiger partial charge in [0, 0.05) is 24.1 Å².